The van der Waals surface area contributed by atoms with Crippen LogP contribution in [0.5, 0.6) is 0 Å². The monoisotopic (exact) mass is 347 g/mol. The van der Waals surface area contributed by atoms with Crippen molar-refractivity contribution in [2.75, 3.05) is 12.4 Å². The molecule has 0 radical (unpaired) electrons. The summed E-state index contributed by atoms with van der Waals surface area (Å²) >= 11 is 1.47. The van der Waals surface area contributed by atoms with Crippen molar-refractivity contribution in [3.8, 4) is 11.4 Å². The molecule has 0 saturated heterocycles. The van der Waals surface area contributed by atoms with Crippen molar-refractivity contribution < 1.29 is 10.2 Å². The summed E-state index contributed by atoms with van der Waals surface area (Å²) in [6.45, 7) is 1.85. The first kappa shape index (κ1) is 17.5. The summed E-state index contributed by atoms with van der Waals surface area (Å²) in [4.78, 5) is 0. The van der Waals surface area contributed by atoms with Gasteiger partial charge >= 0.3 is 0 Å². The van der Waals surface area contributed by atoms with Crippen molar-refractivity contribution >= 4 is 11.8 Å². The summed E-state index contributed by atoms with van der Waals surface area (Å²) in [5.41, 5.74) is 2.30. The Kier molecular flexibility index (Phi) is 5.92. The maximum absolute atomic E-state index is 9.65. The highest BCUT2D eigenvalue weighted by Gasteiger charge is 2.24. The molecule has 0 aliphatic heterocycles. The SMILES string of the molecule is Cc1ccc(-c2nnc(SCC(O)CO)n2C2CCCCC2)cc1. The number of benzene rings is 1. The van der Waals surface area contributed by atoms with Gasteiger partial charge in [-0.15, -0.1) is 10.2 Å². The zero-order chi connectivity index (χ0) is 16.9. The molecule has 1 heterocycles. The van der Waals surface area contributed by atoms with Gasteiger partial charge in [0.1, 0.15) is 0 Å². The third kappa shape index (κ3) is 3.99. The Morgan fingerprint density at radius 2 is 1.88 bits per heavy atom. The highest BCUT2D eigenvalue weighted by Crippen LogP contribution is 2.35. The summed E-state index contributed by atoms with van der Waals surface area (Å²) in [6.07, 6.45) is 5.33. The van der Waals surface area contributed by atoms with E-state index in [0.717, 1.165) is 29.4 Å². The van der Waals surface area contributed by atoms with E-state index in [0.29, 0.717) is 11.8 Å². The Bertz CT molecular complexity index is 651. The fraction of sp³-hybridized carbons (Fsp3) is 0.556. The second kappa shape index (κ2) is 8.14. The molecule has 0 spiro atoms. The summed E-state index contributed by atoms with van der Waals surface area (Å²) in [5, 5.41) is 28.3. The number of hydrogen-bond acceptors (Lipinski definition) is 5. The molecule has 0 amide bonds. The molecule has 1 aliphatic carbocycles. The van der Waals surface area contributed by atoms with E-state index < -0.39 is 6.10 Å². The van der Waals surface area contributed by atoms with Gasteiger partial charge < -0.3 is 10.2 Å². The molecule has 1 fully saturated rings. The normalized spacial score (nSPS) is 17.1. The van der Waals surface area contributed by atoms with Crippen LogP contribution in [-0.4, -0.2) is 43.4 Å². The molecule has 1 unspecified atom stereocenters. The molecule has 0 bridgehead atoms. The van der Waals surface area contributed by atoms with E-state index in [1.54, 1.807) is 0 Å². The minimum absolute atomic E-state index is 0.227. The number of aromatic nitrogens is 3. The van der Waals surface area contributed by atoms with E-state index >= 15 is 0 Å². The largest absolute Gasteiger partial charge is 0.394 e. The zero-order valence-corrected chi connectivity index (χ0v) is 14.9. The van der Waals surface area contributed by atoms with Crippen LogP contribution in [0, 0.1) is 6.92 Å². The predicted octanol–water partition coefficient (Wildman–Crippen LogP) is 3.20. The molecule has 6 heteroatoms. The van der Waals surface area contributed by atoms with Crippen LogP contribution in [0.25, 0.3) is 11.4 Å². The van der Waals surface area contributed by atoms with Crippen LogP contribution in [0.15, 0.2) is 29.4 Å². The predicted molar refractivity (Wildman–Crippen MR) is 96.1 cm³/mol. The molecule has 2 N–H and O–H groups in total. The van der Waals surface area contributed by atoms with Crippen LogP contribution in [0.3, 0.4) is 0 Å². The molecule has 2 aromatic rings. The maximum Gasteiger partial charge on any atom is 0.191 e. The van der Waals surface area contributed by atoms with Gasteiger partial charge in [0.05, 0.1) is 12.7 Å². The second-order valence-corrected chi connectivity index (χ2v) is 7.47. The number of aliphatic hydroxyl groups is 2. The highest BCUT2D eigenvalue weighted by atomic mass is 32.2. The molecule has 1 aromatic carbocycles. The summed E-state index contributed by atoms with van der Waals surface area (Å²) in [6, 6.07) is 8.79. The van der Waals surface area contributed by atoms with Crippen LogP contribution in [0.2, 0.25) is 0 Å². The minimum atomic E-state index is -0.727. The van der Waals surface area contributed by atoms with Crippen molar-refractivity contribution in [1.82, 2.24) is 14.8 Å². The van der Waals surface area contributed by atoms with Crippen LogP contribution < -0.4 is 0 Å². The first-order valence-corrected chi connectivity index (χ1v) is 9.61. The Hall–Kier alpha value is -1.37. The van der Waals surface area contributed by atoms with Crippen LogP contribution in [0.1, 0.15) is 43.7 Å². The molecule has 1 aromatic heterocycles. The average Bonchev–Trinajstić information content (AvgIpc) is 3.05. The summed E-state index contributed by atoms with van der Waals surface area (Å²) < 4.78 is 2.25. The van der Waals surface area contributed by atoms with Gasteiger partial charge in [0.25, 0.3) is 0 Å². The summed E-state index contributed by atoms with van der Waals surface area (Å²) in [7, 11) is 0. The summed E-state index contributed by atoms with van der Waals surface area (Å²) in [5.74, 6) is 1.33. The van der Waals surface area contributed by atoms with Gasteiger partial charge in [-0.25, -0.2) is 0 Å². The molecule has 24 heavy (non-hydrogen) atoms. The van der Waals surface area contributed by atoms with Crippen molar-refractivity contribution in [3.05, 3.63) is 29.8 Å². The van der Waals surface area contributed by atoms with E-state index in [1.165, 1.54) is 36.6 Å². The lowest BCUT2D eigenvalue weighted by Crippen LogP contribution is -2.18. The quantitative estimate of drug-likeness (QED) is 0.785. The van der Waals surface area contributed by atoms with Crippen LogP contribution >= 0.6 is 11.8 Å². The van der Waals surface area contributed by atoms with Crippen LogP contribution in [-0.2, 0) is 0 Å². The molecular formula is C18H25N3O2S. The number of hydrogen-bond donors (Lipinski definition) is 2. The smallest absolute Gasteiger partial charge is 0.191 e. The average molecular weight is 347 g/mol. The Morgan fingerprint density at radius 3 is 2.54 bits per heavy atom. The van der Waals surface area contributed by atoms with Gasteiger partial charge in [0.15, 0.2) is 11.0 Å². The number of aryl methyl sites for hydroxylation is 1. The third-order valence-electron chi connectivity index (χ3n) is 4.53. The van der Waals surface area contributed by atoms with E-state index in [9.17, 15) is 5.11 Å². The molecule has 5 nitrogen and oxygen atoms in total. The van der Waals surface area contributed by atoms with Crippen molar-refractivity contribution in [2.45, 2.75) is 56.3 Å². The zero-order valence-electron chi connectivity index (χ0n) is 14.1. The van der Waals surface area contributed by atoms with Crippen molar-refractivity contribution in [2.24, 2.45) is 0 Å². The Morgan fingerprint density at radius 1 is 1.17 bits per heavy atom. The lowest BCUT2D eigenvalue weighted by molar-refractivity contribution is 0.113. The first-order chi connectivity index (χ1) is 11.7. The fourth-order valence-corrected chi connectivity index (χ4v) is 4.09. The standard InChI is InChI=1S/C18H25N3O2S/c1-13-7-9-14(10-8-13)17-19-20-18(24-12-16(23)11-22)21(17)15-5-3-2-4-6-15/h7-10,15-16,22-23H,2-6,11-12H2,1H3. The lowest BCUT2D eigenvalue weighted by Gasteiger charge is -2.25. The number of thioether (sulfide) groups is 1. The van der Waals surface area contributed by atoms with Crippen LogP contribution in [0.4, 0.5) is 0 Å². The van der Waals surface area contributed by atoms with Crippen molar-refractivity contribution in [3.63, 3.8) is 0 Å². The molecular weight excluding hydrogens is 322 g/mol. The number of nitrogens with zero attached hydrogens (tertiary/aromatic N) is 3. The van der Waals surface area contributed by atoms with Gasteiger partial charge in [0.2, 0.25) is 0 Å². The Labute approximate surface area is 147 Å². The maximum atomic E-state index is 9.65. The number of rotatable bonds is 6. The van der Waals surface area contributed by atoms with Gasteiger partial charge in [-0.3, -0.25) is 4.57 Å². The van der Waals surface area contributed by atoms with Gasteiger partial charge in [0, 0.05) is 17.4 Å². The molecule has 1 aliphatic rings. The third-order valence-corrected chi connectivity index (χ3v) is 5.62. The van der Waals surface area contributed by atoms with Crippen molar-refractivity contribution in [1.29, 1.82) is 0 Å². The highest BCUT2D eigenvalue weighted by molar-refractivity contribution is 7.99. The second-order valence-electron chi connectivity index (χ2n) is 6.48. The fourth-order valence-electron chi connectivity index (χ4n) is 3.17. The molecule has 3 rings (SSSR count). The van der Waals surface area contributed by atoms with Gasteiger partial charge in [-0.1, -0.05) is 60.9 Å². The van der Waals surface area contributed by atoms with Gasteiger partial charge in [-0.2, -0.15) is 0 Å². The minimum Gasteiger partial charge on any atom is -0.394 e. The molecule has 1 atom stereocenters. The van der Waals surface area contributed by atoms with E-state index in [2.05, 4.69) is 46.0 Å². The first-order valence-electron chi connectivity index (χ1n) is 8.62. The topological polar surface area (TPSA) is 71.2 Å². The van der Waals surface area contributed by atoms with Gasteiger partial charge in [-0.05, 0) is 19.8 Å². The Balaban J connectivity index is 1.92. The molecule has 130 valence electrons. The number of aliphatic hydroxyl groups excluding tert-OH is 2. The molecule has 1 saturated carbocycles. The van der Waals surface area contributed by atoms with E-state index in [1.807, 2.05) is 0 Å². The van der Waals surface area contributed by atoms with E-state index in [-0.39, 0.29) is 6.61 Å². The van der Waals surface area contributed by atoms with E-state index in [4.69, 9.17) is 5.11 Å². The lowest BCUT2D eigenvalue weighted by atomic mass is 9.95.